The number of thiocarbonyl (C=S) groups is 1. The van der Waals surface area contributed by atoms with Crippen molar-refractivity contribution in [3.8, 4) is 16.9 Å². The fourth-order valence-electron chi connectivity index (χ4n) is 1.75. The molecule has 0 unspecified atom stereocenters. The molecule has 3 heteroatoms. The van der Waals surface area contributed by atoms with Crippen LogP contribution >= 0.6 is 12.2 Å². The summed E-state index contributed by atoms with van der Waals surface area (Å²) in [4.78, 5) is 3.73. The summed E-state index contributed by atoms with van der Waals surface area (Å²) in [5.74, 6) is 0.823. The summed E-state index contributed by atoms with van der Waals surface area (Å²) in [7, 11) is 0. The molecule has 2 nitrogen and oxygen atoms in total. The lowest BCUT2D eigenvalue weighted by molar-refractivity contribution is 0.330. The van der Waals surface area contributed by atoms with E-state index in [4.69, 9.17) is 4.74 Å². The van der Waals surface area contributed by atoms with Crippen LogP contribution in [0, 0.1) is 6.92 Å². The monoisotopic (exact) mass is 255 g/mol. The quantitative estimate of drug-likeness (QED) is 0.606. The third kappa shape index (κ3) is 3.04. The maximum absolute atomic E-state index is 5.47. The van der Waals surface area contributed by atoms with Crippen LogP contribution in [-0.4, -0.2) is 11.9 Å². The fourth-order valence-corrected chi connectivity index (χ4v) is 1.80. The molecule has 0 N–H and O–H groups in total. The Morgan fingerprint density at radius 1 is 1.11 bits per heavy atom. The third-order valence-electron chi connectivity index (χ3n) is 2.63. The zero-order valence-electron chi connectivity index (χ0n) is 10.1. The molecule has 2 aromatic carbocycles. The van der Waals surface area contributed by atoms with Crippen LogP contribution in [0.3, 0.4) is 0 Å². The summed E-state index contributed by atoms with van der Waals surface area (Å²) < 4.78 is 5.47. The zero-order valence-corrected chi connectivity index (χ0v) is 10.9. The first-order chi connectivity index (χ1) is 8.81. The Bertz CT molecular complexity index is 574. The molecule has 0 radical (unpaired) electrons. The van der Waals surface area contributed by atoms with Gasteiger partial charge >= 0.3 is 0 Å². The fraction of sp³-hybridized carbons (Fsp3) is 0.133. The standard InChI is InChI=1S/C15H13NOS/c1-12-9-14(13-5-3-2-4-6-13)7-8-15(12)17-10-16-11-18/h2-9H,10H2,1H3. The summed E-state index contributed by atoms with van der Waals surface area (Å²) in [6.45, 7) is 2.23. The molecule has 0 aliphatic rings. The molecule has 18 heavy (non-hydrogen) atoms. The van der Waals surface area contributed by atoms with E-state index in [1.807, 2.05) is 37.3 Å². The molecule has 0 heterocycles. The predicted octanol–water partition coefficient (Wildman–Crippen LogP) is 4.10. The lowest BCUT2D eigenvalue weighted by Crippen LogP contribution is -1.95. The van der Waals surface area contributed by atoms with E-state index >= 15 is 0 Å². The van der Waals surface area contributed by atoms with Crippen molar-refractivity contribution in [1.29, 1.82) is 0 Å². The van der Waals surface area contributed by atoms with Crippen molar-refractivity contribution in [1.82, 2.24) is 0 Å². The molecule has 0 saturated heterocycles. The van der Waals surface area contributed by atoms with Crippen LogP contribution in [0.1, 0.15) is 5.56 Å². The van der Waals surface area contributed by atoms with Gasteiger partial charge in [0.25, 0.3) is 0 Å². The highest BCUT2D eigenvalue weighted by molar-refractivity contribution is 7.78. The number of hydrogen-bond acceptors (Lipinski definition) is 3. The maximum Gasteiger partial charge on any atom is 0.188 e. The average molecular weight is 255 g/mol. The first kappa shape index (κ1) is 12.5. The number of hydrogen-bond donors (Lipinski definition) is 0. The number of aryl methyl sites for hydroxylation is 1. The van der Waals surface area contributed by atoms with Gasteiger partial charge in [-0.05, 0) is 48.0 Å². The van der Waals surface area contributed by atoms with Gasteiger partial charge in [-0.1, -0.05) is 36.4 Å². The molecular weight excluding hydrogens is 242 g/mol. The smallest absolute Gasteiger partial charge is 0.188 e. The predicted molar refractivity (Wildman–Crippen MR) is 77.1 cm³/mol. The maximum atomic E-state index is 5.47. The van der Waals surface area contributed by atoms with Crippen molar-refractivity contribution in [2.24, 2.45) is 4.99 Å². The summed E-state index contributed by atoms with van der Waals surface area (Å²) in [5.41, 5.74) is 3.46. The van der Waals surface area contributed by atoms with E-state index in [1.165, 1.54) is 11.1 Å². The average Bonchev–Trinajstić information content (AvgIpc) is 2.42. The van der Waals surface area contributed by atoms with Crippen molar-refractivity contribution in [2.45, 2.75) is 6.92 Å². The van der Waals surface area contributed by atoms with Crippen LogP contribution in [0.25, 0.3) is 11.1 Å². The second-order valence-corrected chi connectivity index (χ2v) is 4.05. The normalized spacial score (nSPS) is 9.61. The molecule has 0 fully saturated rings. The number of aliphatic imine (C=N–C) groups is 1. The van der Waals surface area contributed by atoms with Crippen LogP contribution in [0.5, 0.6) is 5.75 Å². The summed E-state index contributed by atoms with van der Waals surface area (Å²) >= 11 is 4.49. The Kier molecular flexibility index (Phi) is 4.24. The number of rotatable bonds is 4. The van der Waals surface area contributed by atoms with E-state index < -0.39 is 0 Å². The number of isothiocyanates is 1. The minimum atomic E-state index is 0.217. The summed E-state index contributed by atoms with van der Waals surface area (Å²) in [5, 5.41) is 2.28. The van der Waals surface area contributed by atoms with E-state index in [9.17, 15) is 0 Å². The molecule has 2 aromatic rings. The molecule has 0 aromatic heterocycles. The molecule has 0 saturated carbocycles. The Labute approximate surface area is 112 Å². The minimum Gasteiger partial charge on any atom is -0.470 e. The molecule has 2 rings (SSSR count). The van der Waals surface area contributed by atoms with Gasteiger partial charge in [0, 0.05) is 0 Å². The number of benzene rings is 2. The lowest BCUT2D eigenvalue weighted by Gasteiger charge is -2.08. The van der Waals surface area contributed by atoms with Gasteiger partial charge in [0.15, 0.2) is 6.73 Å². The van der Waals surface area contributed by atoms with E-state index in [1.54, 1.807) is 0 Å². The Morgan fingerprint density at radius 2 is 1.89 bits per heavy atom. The van der Waals surface area contributed by atoms with Crippen LogP contribution in [0.2, 0.25) is 0 Å². The molecule has 0 spiro atoms. The van der Waals surface area contributed by atoms with Gasteiger partial charge in [0.1, 0.15) is 5.75 Å². The topological polar surface area (TPSA) is 21.6 Å². The lowest BCUT2D eigenvalue weighted by atomic mass is 10.0. The van der Waals surface area contributed by atoms with E-state index in [-0.39, 0.29) is 6.73 Å². The van der Waals surface area contributed by atoms with E-state index in [0.29, 0.717) is 0 Å². The van der Waals surface area contributed by atoms with Crippen LogP contribution in [-0.2, 0) is 0 Å². The second kappa shape index (κ2) is 6.10. The van der Waals surface area contributed by atoms with Crippen molar-refractivity contribution in [2.75, 3.05) is 6.73 Å². The van der Waals surface area contributed by atoms with Gasteiger partial charge in [-0.2, -0.15) is 4.99 Å². The van der Waals surface area contributed by atoms with E-state index in [0.717, 1.165) is 11.3 Å². The largest absolute Gasteiger partial charge is 0.470 e. The van der Waals surface area contributed by atoms with Gasteiger partial charge in [-0.15, -0.1) is 0 Å². The van der Waals surface area contributed by atoms with Crippen LogP contribution < -0.4 is 4.74 Å². The first-order valence-corrected chi connectivity index (χ1v) is 6.04. The van der Waals surface area contributed by atoms with E-state index in [2.05, 4.69) is 40.6 Å². The second-order valence-electron chi connectivity index (χ2n) is 3.87. The first-order valence-electron chi connectivity index (χ1n) is 5.64. The van der Waals surface area contributed by atoms with Crippen LogP contribution in [0.4, 0.5) is 0 Å². The van der Waals surface area contributed by atoms with Gasteiger partial charge < -0.3 is 4.74 Å². The molecule has 0 atom stereocenters. The number of nitrogens with zero attached hydrogens (tertiary/aromatic N) is 1. The molecule has 90 valence electrons. The molecular formula is C15H13NOS. The van der Waals surface area contributed by atoms with Crippen LogP contribution in [0.15, 0.2) is 53.5 Å². The Balaban J connectivity index is 2.22. The highest BCUT2D eigenvalue weighted by Gasteiger charge is 2.02. The van der Waals surface area contributed by atoms with Crippen molar-refractivity contribution in [3.05, 3.63) is 54.1 Å². The third-order valence-corrected chi connectivity index (χ3v) is 2.76. The van der Waals surface area contributed by atoms with Crippen molar-refractivity contribution < 1.29 is 4.74 Å². The Hall–Kier alpha value is -1.96. The zero-order chi connectivity index (χ0) is 12.8. The minimum absolute atomic E-state index is 0.217. The van der Waals surface area contributed by atoms with Crippen molar-refractivity contribution >= 4 is 17.4 Å². The van der Waals surface area contributed by atoms with Crippen molar-refractivity contribution in [3.63, 3.8) is 0 Å². The van der Waals surface area contributed by atoms with Gasteiger partial charge in [0.05, 0.1) is 5.16 Å². The van der Waals surface area contributed by atoms with Gasteiger partial charge in [0.2, 0.25) is 0 Å². The highest BCUT2D eigenvalue weighted by atomic mass is 32.1. The molecule has 0 amide bonds. The number of ether oxygens (including phenoxy) is 1. The van der Waals surface area contributed by atoms with Gasteiger partial charge in [-0.25, -0.2) is 0 Å². The molecule has 0 bridgehead atoms. The Morgan fingerprint density at radius 3 is 2.56 bits per heavy atom. The van der Waals surface area contributed by atoms with Gasteiger partial charge in [-0.3, -0.25) is 0 Å². The molecule has 0 aliphatic carbocycles. The molecule has 0 aliphatic heterocycles. The highest BCUT2D eigenvalue weighted by Crippen LogP contribution is 2.25. The summed E-state index contributed by atoms with van der Waals surface area (Å²) in [6, 6.07) is 16.3. The summed E-state index contributed by atoms with van der Waals surface area (Å²) in [6.07, 6.45) is 0. The SMILES string of the molecule is Cc1cc(-c2ccccc2)ccc1OCN=C=S.